The maximum Gasteiger partial charge on any atom is 0.220 e. The molecule has 136 valence electrons. The van der Waals surface area contributed by atoms with Crippen molar-refractivity contribution in [2.24, 2.45) is 12.0 Å². The summed E-state index contributed by atoms with van der Waals surface area (Å²) in [5.41, 5.74) is 1.14. The summed E-state index contributed by atoms with van der Waals surface area (Å²) in [6.07, 6.45) is 7.45. The molecule has 1 fully saturated rings. The molecule has 0 radical (unpaired) electrons. The Hall–Kier alpha value is -1.32. The Morgan fingerprint density at radius 2 is 2.25 bits per heavy atom. The number of halogens is 1. The number of carbonyl (C=O) groups excluding carboxylic acids is 1. The average molecular weight is 448 g/mol. The highest BCUT2D eigenvalue weighted by molar-refractivity contribution is 14.0. The molecule has 1 aromatic rings. The van der Waals surface area contributed by atoms with Crippen LogP contribution in [0.25, 0.3) is 0 Å². The van der Waals surface area contributed by atoms with Gasteiger partial charge in [-0.2, -0.15) is 5.10 Å². The molecule has 7 nitrogen and oxygen atoms in total. The molecule has 0 unspecified atom stereocenters. The lowest BCUT2D eigenvalue weighted by atomic mass is 10.3. The topological polar surface area (TPSA) is 74.6 Å². The van der Waals surface area contributed by atoms with Crippen LogP contribution in [0, 0.1) is 0 Å². The summed E-state index contributed by atoms with van der Waals surface area (Å²) in [6.45, 7) is 4.27. The van der Waals surface area contributed by atoms with Gasteiger partial charge < -0.3 is 15.5 Å². The summed E-state index contributed by atoms with van der Waals surface area (Å²) in [6, 6.07) is 0.439. The fraction of sp³-hybridized carbons (Fsp3) is 0.688. The molecule has 0 spiro atoms. The van der Waals surface area contributed by atoms with Gasteiger partial charge in [-0.25, -0.2) is 0 Å². The number of guanidine groups is 1. The van der Waals surface area contributed by atoms with Crippen LogP contribution < -0.4 is 10.6 Å². The van der Waals surface area contributed by atoms with Gasteiger partial charge >= 0.3 is 0 Å². The van der Waals surface area contributed by atoms with E-state index in [0.717, 1.165) is 43.9 Å². The molecule has 0 bridgehead atoms. The van der Waals surface area contributed by atoms with Crippen molar-refractivity contribution in [3.63, 3.8) is 0 Å². The molecule has 0 aliphatic heterocycles. The van der Waals surface area contributed by atoms with Crippen molar-refractivity contribution in [2.45, 2.75) is 45.2 Å². The molecular formula is C16H29IN6O. The number of aromatic nitrogens is 2. The van der Waals surface area contributed by atoms with Crippen LogP contribution in [-0.4, -0.2) is 52.7 Å². The monoisotopic (exact) mass is 448 g/mol. The summed E-state index contributed by atoms with van der Waals surface area (Å²) >= 11 is 0. The zero-order chi connectivity index (χ0) is 16.7. The molecule has 1 aliphatic carbocycles. The number of hydrogen-bond donors (Lipinski definition) is 2. The molecule has 24 heavy (non-hydrogen) atoms. The minimum Gasteiger partial charge on any atom is -0.357 e. The summed E-state index contributed by atoms with van der Waals surface area (Å²) < 4.78 is 1.80. The second-order valence-electron chi connectivity index (χ2n) is 6.06. The summed E-state index contributed by atoms with van der Waals surface area (Å²) in [5, 5.41) is 10.5. The second-order valence-corrected chi connectivity index (χ2v) is 6.06. The van der Waals surface area contributed by atoms with E-state index in [4.69, 9.17) is 0 Å². The van der Waals surface area contributed by atoms with Crippen LogP contribution in [0.3, 0.4) is 0 Å². The van der Waals surface area contributed by atoms with Crippen LogP contribution in [0.2, 0.25) is 0 Å². The number of hydrogen-bond acceptors (Lipinski definition) is 3. The predicted molar refractivity (Wildman–Crippen MR) is 106 cm³/mol. The van der Waals surface area contributed by atoms with Gasteiger partial charge in [0.05, 0.1) is 6.20 Å². The number of nitrogens with one attached hydrogen (secondary N) is 2. The molecule has 1 aromatic heterocycles. The van der Waals surface area contributed by atoms with Gasteiger partial charge in [-0.1, -0.05) is 0 Å². The lowest BCUT2D eigenvalue weighted by Gasteiger charge is -2.21. The van der Waals surface area contributed by atoms with Crippen molar-refractivity contribution in [2.75, 3.05) is 20.1 Å². The van der Waals surface area contributed by atoms with Crippen molar-refractivity contribution in [1.29, 1.82) is 0 Å². The number of aryl methyl sites for hydroxylation is 1. The van der Waals surface area contributed by atoms with Crippen LogP contribution in [-0.2, 0) is 18.4 Å². The number of carbonyl (C=O) groups is 1. The summed E-state index contributed by atoms with van der Waals surface area (Å²) in [7, 11) is 3.92. The third-order valence-corrected chi connectivity index (χ3v) is 3.64. The van der Waals surface area contributed by atoms with Crippen molar-refractivity contribution in [3.05, 3.63) is 18.0 Å². The third-order valence-electron chi connectivity index (χ3n) is 3.64. The van der Waals surface area contributed by atoms with E-state index in [-0.39, 0.29) is 29.9 Å². The van der Waals surface area contributed by atoms with E-state index in [9.17, 15) is 4.79 Å². The molecule has 1 amide bonds. The molecule has 2 rings (SSSR count). The Balaban J connectivity index is 0.00000288. The van der Waals surface area contributed by atoms with Gasteiger partial charge in [0.15, 0.2) is 5.96 Å². The zero-order valence-electron chi connectivity index (χ0n) is 14.8. The van der Waals surface area contributed by atoms with Crippen LogP contribution >= 0.6 is 24.0 Å². The summed E-state index contributed by atoms with van der Waals surface area (Å²) in [4.78, 5) is 18.3. The van der Waals surface area contributed by atoms with Gasteiger partial charge in [-0.3, -0.25) is 14.5 Å². The van der Waals surface area contributed by atoms with E-state index in [0.29, 0.717) is 19.0 Å². The molecule has 2 N–H and O–H groups in total. The molecule has 1 heterocycles. The van der Waals surface area contributed by atoms with Gasteiger partial charge in [-0.05, 0) is 26.2 Å². The highest BCUT2D eigenvalue weighted by Gasteiger charge is 2.22. The first-order valence-corrected chi connectivity index (χ1v) is 8.34. The lowest BCUT2D eigenvalue weighted by Crippen LogP contribution is -2.38. The Bertz CT molecular complexity index is 540. The Morgan fingerprint density at radius 1 is 1.50 bits per heavy atom. The Morgan fingerprint density at radius 3 is 2.83 bits per heavy atom. The van der Waals surface area contributed by atoms with Crippen LogP contribution in [0.5, 0.6) is 0 Å². The zero-order valence-corrected chi connectivity index (χ0v) is 17.1. The fourth-order valence-corrected chi connectivity index (χ4v) is 2.32. The Kier molecular flexibility index (Phi) is 9.09. The smallest absolute Gasteiger partial charge is 0.220 e. The number of amides is 1. The fourth-order valence-electron chi connectivity index (χ4n) is 2.32. The van der Waals surface area contributed by atoms with E-state index in [2.05, 4.69) is 32.5 Å². The highest BCUT2D eigenvalue weighted by atomic mass is 127. The first-order valence-electron chi connectivity index (χ1n) is 8.34. The SMILES string of the molecule is CCNC(=NCCCC(=O)NC1CC1)N(C)Cc1cnn(C)c1.I. The second kappa shape index (κ2) is 10.5. The first kappa shape index (κ1) is 20.7. The van der Waals surface area contributed by atoms with E-state index >= 15 is 0 Å². The first-order chi connectivity index (χ1) is 11.1. The van der Waals surface area contributed by atoms with E-state index in [1.165, 1.54) is 0 Å². The van der Waals surface area contributed by atoms with Gasteiger partial charge in [-0.15, -0.1) is 24.0 Å². The molecule has 0 atom stereocenters. The lowest BCUT2D eigenvalue weighted by molar-refractivity contribution is -0.121. The molecule has 1 saturated carbocycles. The van der Waals surface area contributed by atoms with Crippen molar-refractivity contribution < 1.29 is 4.79 Å². The van der Waals surface area contributed by atoms with Crippen LogP contribution in [0.4, 0.5) is 0 Å². The predicted octanol–water partition coefficient (Wildman–Crippen LogP) is 1.49. The quantitative estimate of drug-likeness (QED) is 0.274. The van der Waals surface area contributed by atoms with Crippen LogP contribution in [0.15, 0.2) is 17.4 Å². The number of nitrogens with zero attached hydrogens (tertiary/aromatic N) is 4. The van der Waals surface area contributed by atoms with E-state index in [1.807, 2.05) is 26.5 Å². The maximum atomic E-state index is 11.6. The minimum absolute atomic E-state index is 0. The molecule has 1 aliphatic rings. The third kappa shape index (κ3) is 7.50. The standard InChI is InChI=1S/C16H28N6O.HI/c1-4-17-16(21(2)11-13-10-19-22(3)12-13)18-9-5-6-15(23)20-14-7-8-14;/h10,12,14H,4-9,11H2,1-3H3,(H,17,18)(H,20,23);1H. The van der Waals surface area contributed by atoms with E-state index in [1.54, 1.807) is 4.68 Å². The highest BCUT2D eigenvalue weighted by Crippen LogP contribution is 2.18. The molecule has 0 saturated heterocycles. The van der Waals surface area contributed by atoms with Gasteiger partial charge in [0.1, 0.15) is 0 Å². The maximum absolute atomic E-state index is 11.6. The normalized spacial score (nSPS) is 14.0. The van der Waals surface area contributed by atoms with Crippen molar-refractivity contribution in [1.82, 2.24) is 25.3 Å². The van der Waals surface area contributed by atoms with E-state index < -0.39 is 0 Å². The largest absolute Gasteiger partial charge is 0.357 e. The van der Waals surface area contributed by atoms with Gasteiger partial charge in [0, 0.05) is 58.0 Å². The number of aliphatic imine (C=N–C) groups is 1. The van der Waals surface area contributed by atoms with Gasteiger partial charge in [0.2, 0.25) is 5.91 Å². The average Bonchev–Trinajstić information content (AvgIpc) is 3.23. The summed E-state index contributed by atoms with van der Waals surface area (Å²) in [5.74, 6) is 1.01. The van der Waals surface area contributed by atoms with Crippen molar-refractivity contribution in [3.8, 4) is 0 Å². The molecule has 0 aromatic carbocycles. The Labute approximate surface area is 161 Å². The van der Waals surface area contributed by atoms with Crippen molar-refractivity contribution >= 4 is 35.8 Å². The minimum atomic E-state index is 0. The number of rotatable bonds is 8. The molecule has 8 heteroatoms. The molecular weight excluding hydrogens is 419 g/mol. The van der Waals surface area contributed by atoms with Gasteiger partial charge in [0.25, 0.3) is 0 Å². The van der Waals surface area contributed by atoms with Crippen LogP contribution in [0.1, 0.15) is 38.2 Å².